The first-order valence-electron chi connectivity index (χ1n) is 9.53. The van der Waals surface area contributed by atoms with Crippen LogP contribution in [0.25, 0.3) is 0 Å². The van der Waals surface area contributed by atoms with E-state index in [1.54, 1.807) is 4.90 Å². The van der Waals surface area contributed by atoms with Crippen LogP contribution in [-0.2, 0) is 9.59 Å². The summed E-state index contributed by atoms with van der Waals surface area (Å²) in [6, 6.07) is 11.1. The smallest absolute Gasteiger partial charge is 0.240 e. The maximum Gasteiger partial charge on any atom is 0.240 e. The maximum absolute atomic E-state index is 12.6. The highest BCUT2D eigenvalue weighted by molar-refractivity contribution is 5.91. The van der Waals surface area contributed by atoms with Crippen molar-refractivity contribution in [2.45, 2.75) is 43.7 Å². The number of piperidine rings is 1. The van der Waals surface area contributed by atoms with Gasteiger partial charge >= 0.3 is 0 Å². The third-order valence-corrected chi connectivity index (χ3v) is 6.06. The zero-order valence-electron chi connectivity index (χ0n) is 14.7. The molecule has 1 amide bonds. The van der Waals surface area contributed by atoms with Gasteiger partial charge in [0, 0.05) is 25.6 Å². The van der Waals surface area contributed by atoms with Gasteiger partial charge in [-0.2, -0.15) is 0 Å². The van der Waals surface area contributed by atoms with Gasteiger partial charge < -0.3 is 10.2 Å². The lowest BCUT2D eigenvalue weighted by molar-refractivity contribution is -0.133. The first-order chi connectivity index (χ1) is 12.2. The predicted octanol–water partition coefficient (Wildman–Crippen LogP) is 1.40. The number of benzene rings is 1. The Kier molecular flexibility index (Phi) is 4.86. The van der Waals surface area contributed by atoms with Crippen LogP contribution >= 0.6 is 0 Å². The van der Waals surface area contributed by atoms with Crippen LogP contribution in [0, 0.1) is 0 Å². The predicted molar refractivity (Wildman–Crippen MR) is 96.4 cm³/mol. The number of likely N-dealkylation sites (tertiary alicyclic amines) is 2. The van der Waals surface area contributed by atoms with E-state index in [2.05, 4.69) is 40.5 Å². The molecule has 5 nitrogen and oxygen atoms in total. The van der Waals surface area contributed by atoms with Gasteiger partial charge in [0.15, 0.2) is 5.78 Å². The number of ketones is 1. The van der Waals surface area contributed by atoms with Crippen molar-refractivity contribution in [2.75, 3.05) is 32.7 Å². The number of Topliss-reactive ketones (excluding diaryl/α,β-unsaturated/α-hetero) is 1. The molecule has 4 rings (SSSR count). The molecule has 0 unspecified atom stereocenters. The number of carbonyl (C=O) groups excluding carboxylic acids is 2. The fourth-order valence-corrected chi connectivity index (χ4v) is 4.55. The van der Waals surface area contributed by atoms with E-state index in [0.717, 1.165) is 26.1 Å². The summed E-state index contributed by atoms with van der Waals surface area (Å²) in [6.07, 6.45) is 3.79. The zero-order valence-corrected chi connectivity index (χ0v) is 14.7. The van der Waals surface area contributed by atoms with Crippen molar-refractivity contribution < 1.29 is 9.59 Å². The molecule has 1 aromatic rings. The molecule has 1 aromatic carbocycles. The third-order valence-electron chi connectivity index (χ3n) is 6.06. The molecule has 3 aliphatic rings. The molecule has 3 saturated heterocycles. The van der Waals surface area contributed by atoms with Crippen molar-refractivity contribution in [3.63, 3.8) is 0 Å². The van der Waals surface area contributed by atoms with E-state index < -0.39 is 0 Å². The highest BCUT2D eigenvalue weighted by atomic mass is 16.2. The van der Waals surface area contributed by atoms with E-state index in [4.69, 9.17) is 0 Å². The average Bonchev–Trinajstić information content (AvgIpc) is 3.31. The van der Waals surface area contributed by atoms with Crippen molar-refractivity contribution in [1.82, 2.24) is 15.1 Å². The van der Waals surface area contributed by atoms with Crippen LogP contribution in [0.2, 0.25) is 0 Å². The fraction of sp³-hybridized carbons (Fsp3) is 0.600. The summed E-state index contributed by atoms with van der Waals surface area (Å²) in [7, 11) is 0. The topological polar surface area (TPSA) is 52.7 Å². The monoisotopic (exact) mass is 341 g/mol. The quantitative estimate of drug-likeness (QED) is 0.903. The Balaban J connectivity index is 1.28. The minimum absolute atomic E-state index is 0.109. The fourth-order valence-electron chi connectivity index (χ4n) is 4.55. The SMILES string of the molecule is O=C1CCN(C(=O)[C@@H]2C[C@H](N3CCC(c4ccccc4)CC3)CN2)C1. The van der Waals surface area contributed by atoms with Gasteiger partial charge in [-0.05, 0) is 43.8 Å². The molecule has 0 bridgehead atoms. The Labute approximate surface area is 149 Å². The molecule has 3 aliphatic heterocycles. The maximum atomic E-state index is 12.6. The molecule has 134 valence electrons. The van der Waals surface area contributed by atoms with Crippen LogP contribution in [0.1, 0.15) is 37.2 Å². The first-order valence-corrected chi connectivity index (χ1v) is 9.53. The summed E-state index contributed by atoms with van der Waals surface area (Å²) in [5.41, 5.74) is 1.46. The summed E-state index contributed by atoms with van der Waals surface area (Å²) < 4.78 is 0. The molecule has 0 aromatic heterocycles. The van der Waals surface area contributed by atoms with Crippen molar-refractivity contribution >= 4 is 11.7 Å². The van der Waals surface area contributed by atoms with Gasteiger partial charge in [0.05, 0.1) is 12.6 Å². The summed E-state index contributed by atoms with van der Waals surface area (Å²) in [4.78, 5) is 28.2. The van der Waals surface area contributed by atoms with Gasteiger partial charge in [0.25, 0.3) is 0 Å². The van der Waals surface area contributed by atoms with E-state index in [0.29, 0.717) is 31.5 Å². The van der Waals surface area contributed by atoms with E-state index in [1.807, 2.05) is 0 Å². The van der Waals surface area contributed by atoms with Crippen LogP contribution < -0.4 is 5.32 Å². The largest absolute Gasteiger partial charge is 0.334 e. The number of hydrogen-bond donors (Lipinski definition) is 1. The van der Waals surface area contributed by atoms with E-state index >= 15 is 0 Å². The number of nitrogens with one attached hydrogen (secondary N) is 1. The molecular formula is C20H27N3O2. The van der Waals surface area contributed by atoms with Crippen molar-refractivity contribution in [1.29, 1.82) is 0 Å². The van der Waals surface area contributed by atoms with Crippen LogP contribution in [0.15, 0.2) is 30.3 Å². The molecule has 3 heterocycles. The van der Waals surface area contributed by atoms with Gasteiger partial charge in [-0.3, -0.25) is 14.5 Å². The van der Waals surface area contributed by atoms with Crippen LogP contribution in [-0.4, -0.2) is 66.3 Å². The lowest BCUT2D eigenvalue weighted by Crippen LogP contribution is -2.42. The Morgan fingerprint density at radius 2 is 1.84 bits per heavy atom. The van der Waals surface area contributed by atoms with E-state index in [1.165, 1.54) is 18.4 Å². The van der Waals surface area contributed by atoms with Crippen molar-refractivity contribution in [3.8, 4) is 0 Å². The third kappa shape index (κ3) is 3.62. The molecule has 5 heteroatoms. The van der Waals surface area contributed by atoms with E-state index in [-0.39, 0.29) is 17.7 Å². The van der Waals surface area contributed by atoms with Gasteiger partial charge in [0.1, 0.15) is 0 Å². The van der Waals surface area contributed by atoms with Crippen molar-refractivity contribution in [2.24, 2.45) is 0 Å². The second kappa shape index (κ2) is 7.26. The number of amides is 1. The summed E-state index contributed by atoms with van der Waals surface area (Å²) in [5.74, 6) is 0.971. The number of carbonyl (C=O) groups is 2. The lowest BCUT2D eigenvalue weighted by Gasteiger charge is -2.36. The van der Waals surface area contributed by atoms with Crippen LogP contribution in [0.4, 0.5) is 0 Å². The number of nitrogens with zero attached hydrogens (tertiary/aromatic N) is 2. The Morgan fingerprint density at radius 1 is 1.08 bits per heavy atom. The highest BCUT2D eigenvalue weighted by Gasteiger charge is 2.37. The van der Waals surface area contributed by atoms with Crippen LogP contribution in [0.5, 0.6) is 0 Å². The van der Waals surface area contributed by atoms with Gasteiger partial charge in [0.2, 0.25) is 5.91 Å². The molecular weight excluding hydrogens is 314 g/mol. The highest BCUT2D eigenvalue weighted by Crippen LogP contribution is 2.30. The normalized spacial score (nSPS) is 28.6. The van der Waals surface area contributed by atoms with Gasteiger partial charge in [-0.25, -0.2) is 0 Å². The molecule has 0 aliphatic carbocycles. The molecule has 1 N–H and O–H groups in total. The lowest BCUT2D eigenvalue weighted by atomic mass is 9.89. The summed E-state index contributed by atoms with van der Waals surface area (Å²) >= 11 is 0. The number of rotatable bonds is 3. The first kappa shape index (κ1) is 16.7. The standard InChI is InChI=1S/C20H27N3O2/c24-18-8-11-23(14-18)20(25)19-12-17(13-21-19)22-9-6-16(7-10-22)15-4-2-1-3-5-15/h1-5,16-17,19,21H,6-14H2/t17-,19-/m0/s1. The van der Waals surface area contributed by atoms with Crippen LogP contribution in [0.3, 0.4) is 0 Å². The molecule has 25 heavy (non-hydrogen) atoms. The minimum atomic E-state index is -0.109. The molecule has 2 atom stereocenters. The Bertz CT molecular complexity index is 625. The molecule has 3 fully saturated rings. The second-order valence-electron chi connectivity index (χ2n) is 7.62. The average molecular weight is 341 g/mol. The Hall–Kier alpha value is -1.72. The van der Waals surface area contributed by atoms with Gasteiger partial charge in [-0.15, -0.1) is 0 Å². The van der Waals surface area contributed by atoms with Gasteiger partial charge in [-0.1, -0.05) is 30.3 Å². The molecule has 0 spiro atoms. The minimum Gasteiger partial charge on any atom is -0.334 e. The molecule has 0 radical (unpaired) electrons. The zero-order chi connectivity index (χ0) is 17.2. The molecule has 0 saturated carbocycles. The van der Waals surface area contributed by atoms with E-state index in [9.17, 15) is 9.59 Å². The Morgan fingerprint density at radius 3 is 2.52 bits per heavy atom. The summed E-state index contributed by atoms with van der Waals surface area (Å²) in [5, 5.41) is 3.39. The number of hydrogen-bond acceptors (Lipinski definition) is 4. The second-order valence-corrected chi connectivity index (χ2v) is 7.62. The van der Waals surface area contributed by atoms with Crippen molar-refractivity contribution in [3.05, 3.63) is 35.9 Å². The summed E-state index contributed by atoms with van der Waals surface area (Å²) in [6.45, 7) is 4.01.